The van der Waals surface area contributed by atoms with Crippen molar-refractivity contribution < 1.29 is 4.79 Å². The average molecular weight is 339 g/mol. The van der Waals surface area contributed by atoms with E-state index in [0.29, 0.717) is 12.3 Å². The van der Waals surface area contributed by atoms with Crippen LogP contribution in [0.4, 0.5) is 0 Å². The molecule has 5 heteroatoms. The van der Waals surface area contributed by atoms with Crippen molar-refractivity contribution in [1.29, 1.82) is 0 Å². The molecule has 132 valence electrons. The van der Waals surface area contributed by atoms with E-state index in [1.54, 1.807) is 4.68 Å². The summed E-state index contributed by atoms with van der Waals surface area (Å²) in [5.74, 6) is 0.881. The van der Waals surface area contributed by atoms with Crippen molar-refractivity contribution in [2.75, 3.05) is 6.54 Å². The van der Waals surface area contributed by atoms with E-state index in [1.807, 2.05) is 31.2 Å². The van der Waals surface area contributed by atoms with Gasteiger partial charge in [0.1, 0.15) is 0 Å². The van der Waals surface area contributed by atoms with Crippen molar-refractivity contribution in [3.8, 4) is 5.69 Å². The van der Waals surface area contributed by atoms with Crippen molar-refractivity contribution in [2.24, 2.45) is 11.8 Å². The van der Waals surface area contributed by atoms with E-state index in [9.17, 15) is 9.59 Å². The first-order chi connectivity index (χ1) is 12.1. The molecule has 2 aliphatic carbocycles. The second-order valence-corrected chi connectivity index (χ2v) is 7.51. The molecule has 1 fully saturated rings. The highest BCUT2D eigenvalue weighted by Gasteiger charge is 2.28. The van der Waals surface area contributed by atoms with Gasteiger partial charge in [-0.15, -0.1) is 0 Å². The molecule has 2 aliphatic rings. The van der Waals surface area contributed by atoms with Crippen LogP contribution >= 0.6 is 0 Å². The summed E-state index contributed by atoms with van der Waals surface area (Å²) in [5, 5.41) is 6.36. The molecule has 0 saturated heterocycles. The minimum absolute atomic E-state index is 0.0202. The number of hydrogen-bond acceptors (Lipinski definition) is 2. The third-order valence-electron chi connectivity index (χ3n) is 5.48. The summed E-state index contributed by atoms with van der Waals surface area (Å²) in [6.45, 7) is 2.85. The highest BCUT2D eigenvalue weighted by molar-refractivity contribution is 5.78. The van der Waals surface area contributed by atoms with Crippen LogP contribution in [0, 0.1) is 18.8 Å². The number of amides is 1. The summed E-state index contributed by atoms with van der Waals surface area (Å²) < 4.78 is 1.64. The SMILES string of the molecule is Cc1ccc(-n2[nH]c3c(c2=O)CCC(C(=O)NCC2CC2)CC3)cc1. The van der Waals surface area contributed by atoms with E-state index in [2.05, 4.69) is 10.4 Å². The minimum Gasteiger partial charge on any atom is -0.356 e. The lowest BCUT2D eigenvalue weighted by molar-refractivity contribution is -0.125. The van der Waals surface area contributed by atoms with Crippen LogP contribution in [0.3, 0.4) is 0 Å². The molecule has 1 aromatic heterocycles. The quantitative estimate of drug-likeness (QED) is 0.841. The minimum atomic E-state index is 0.0202. The first kappa shape index (κ1) is 16.2. The smallest absolute Gasteiger partial charge is 0.274 e. The maximum atomic E-state index is 12.8. The van der Waals surface area contributed by atoms with Crippen LogP contribution in [0.5, 0.6) is 0 Å². The van der Waals surface area contributed by atoms with Crippen LogP contribution in [0.15, 0.2) is 29.1 Å². The van der Waals surface area contributed by atoms with Gasteiger partial charge in [0.15, 0.2) is 0 Å². The number of aryl methyl sites for hydroxylation is 2. The van der Waals surface area contributed by atoms with Crippen molar-refractivity contribution >= 4 is 5.91 Å². The van der Waals surface area contributed by atoms with E-state index in [-0.39, 0.29) is 17.4 Å². The normalized spacial score (nSPS) is 20.0. The van der Waals surface area contributed by atoms with Crippen molar-refractivity contribution in [3.63, 3.8) is 0 Å². The van der Waals surface area contributed by atoms with Gasteiger partial charge in [0.2, 0.25) is 5.91 Å². The Morgan fingerprint density at radius 3 is 2.60 bits per heavy atom. The molecule has 0 radical (unpaired) electrons. The van der Waals surface area contributed by atoms with Gasteiger partial charge in [0.05, 0.1) is 5.69 Å². The van der Waals surface area contributed by atoms with Gasteiger partial charge in [-0.05, 0) is 63.5 Å². The van der Waals surface area contributed by atoms with E-state index in [0.717, 1.165) is 42.8 Å². The van der Waals surface area contributed by atoms with Crippen molar-refractivity contribution in [3.05, 3.63) is 51.4 Å². The first-order valence-corrected chi connectivity index (χ1v) is 9.29. The van der Waals surface area contributed by atoms with Crippen LogP contribution in [0.2, 0.25) is 0 Å². The molecular formula is C20H25N3O2. The highest BCUT2D eigenvalue weighted by atomic mass is 16.2. The standard InChI is InChI=1S/C20H25N3O2/c1-13-2-8-16(9-3-13)23-20(25)17-10-6-15(7-11-18(17)22-23)19(24)21-12-14-4-5-14/h2-3,8-9,14-15,22H,4-7,10-12H2,1H3,(H,21,24). The summed E-state index contributed by atoms with van der Waals surface area (Å²) in [5.41, 5.74) is 3.89. The third-order valence-corrected chi connectivity index (χ3v) is 5.48. The maximum absolute atomic E-state index is 12.8. The Morgan fingerprint density at radius 1 is 1.16 bits per heavy atom. The fraction of sp³-hybridized carbons (Fsp3) is 0.500. The van der Waals surface area contributed by atoms with Gasteiger partial charge in [-0.2, -0.15) is 0 Å². The van der Waals surface area contributed by atoms with Crippen LogP contribution in [0.25, 0.3) is 5.69 Å². The Morgan fingerprint density at radius 2 is 1.88 bits per heavy atom. The molecule has 1 heterocycles. The number of aromatic amines is 1. The molecule has 1 atom stereocenters. The Balaban J connectivity index is 1.48. The molecule has 0 bridgehead atoms. The second kappa shape index (κ2) is 6.54. The number of nitrogens with one attached hydrogen (secondary N) is 2. The number of benzene rings is 1. The molecule has 0 aliphatic heterocycles. The number of nitrogens with zero attached hydrogens (tertiary/aromatic N) is 1. The van der Waals surface area contributed by atoms with Gasteiger partial charge in [0.25, 0.3) is 5.56 Å². The largest absolute Gasteiger partial charge is 0.356 e. The topological polar surface area (TPSA) is 66.9 Å². The predicted molar refractivity (Wildman–Crippen MR) is 97.0 cm³/mol. The number of hydrogen-bond donors (Lipinski definition) is 2. The van der Waals surface area contributed by atoms with Gasteiger partial charge in [-0.1, -0.05) is 17.7 Å². The van der Waals surface area contributed by atoms with Crippen molar-refractivity contribution in [2.45, 2.75) is 45.4 Å². The van der Waals surface area contributed by atoms with Gasteiger partial charge in [0, 0.05) is 23.7 Å². The summed E-state index contributed by atoms with van der Waals surface area (Å²) >= 11 is 0. The number of fused-ring (bicyclic) bond motifs is 1. The Kier molecular flexibility index (Phi) is 4.24. The number of carbonyl (C=O) groups excluding carboxylic acids is 1. The van der Waals surface area contributed by atoms with E-state index in [4.69, 9.17) is 0 Å². The summed E-state index contributed by atoms with van der Waals surface area (Å²) in [4.78, 5) is 25.1. The van der Waals surface area contributed by atoms with E-state index in [1.165, 1.54) is 18.4 Å². The predicted octanol–water partition coefficient (Wildman–Crippen LogP) is 2.50. The molecule has 4 rings (SSSR count). The van der Waals surface area contributed by atoms with Gasteiger partial charge in [-0.25, -0.2) is 4.68 Å². The Hall–Kier alpha value is -2.30. The lowest BCUT2D eigenvalue weighted by Crippen LogP contribution is -2.32. The Bertz CT molecular complexity index is 828. The zero-order valence-electron chi connectivity index (χ0n) is 14.7. The molecule has 1 amide bonds. The van der Waals surface area contributed by atoms with Crippen LogP contribution in [-0.4, -0.2) is 22.2 Å². The van der Waals surface area contributed by atoms with Crippen LogP contribution < -0.4 is 10.9 Å². The number of carbonyl (C=O) groups is 1. The number of aromatic nitrogens is 2. The summed E-state index contributed by atoms with van der Waals surface area (Å²) in [6, 6.07) is 7.93. The maximum Gasteiger partial charge on any atom is 0.274 e. The zero-order valence-corrected chi connectivity index (χ0v) is 14.7. The average Bonchev–Trinajstić information content (AvgIpc) is 3.41. The molecule has 1 aromatic carbocycles. The lowest BCUT2D eigenvalue weighted by atomic mass is 9.99. The van der Waals surface area contributed by atoms with Crippen LogP contribution in [0.1, 0.15) is 42.5 Å². The molecule has 2 aromatic rings. The third kappa shape index (κ3) is 3.41. The zero-order chi connectivity index (χ0) is 17.4. The van der Waals surface area contributed by atoms with E-state index < -0.39 is 0 Å². The van der Waals surface area contributed by atoms with Gasteiger partial charge in [-0.3, -0.25) is 14.7 Å². The van der Waals surface area contributed by atoms with Crippen molar-refractivity contribution in [1.82, 2.24) is 15.1 Å². The highest BCUT2D eigenvalue weighted by Crippen LogP contribution is 2.28. The van der Waals surface area contributed by atoms with Crippen LogP contribution in [-0.2, 0) is 17.6 Å². The molecule has 1 saturated carbocycles. The molecule has 5 nitrogen and oxygen atoms in total. The number of H-pyrrole nitrogens is 1. The van der Waals surface area contributed by atoms with E-state index >= 15 is 0 Å². The molecule has 25 heavy (non-hydrogen) atoms. The summed E-state index contributed by atoms with van der Waals surface area (Å²) in [7, 11) is 0. The fourth-order valence-corrected chi connectivity index (χ4v) is 3.61. The fourth-order valence-electron chi connectivity index (χ4n) is 3.61. The second-order valence-electron chi connectivity index (χ2n) is 7.51. The molecule has 0 spiro atoms. The van der Waals surface area contributed by atoms with Gasteiger partial charge >= 0.3 is 0 Å². The molecule has 2 N–H and O–H groups in total. The molecule has 1 unspecified atom stereocenters. The molecular weight excluding hydrogens is 314 g/mol. The monoisotopic (exact) mass is 339 g/mol. The number of rotatable bonds is 4. The first-order valence-electron chi connectivity index (χ1n) is 9.29. The van der Waals surface area contributed by atoms with Gasteiger partial charge < -0.3 is 5.32 Å². The summed E-state index contributed by atoms with van der Waals surface area (Å²) in [6.07, 6.45) is 5.47. The lowest BCUT2D eigenvalue weighted by Gasteiger charge is -2.14. The Labute approximate surface area is 147 Å².